The van der Waals surface area contributed by atoms with Crippen LogP contribution in [0.2, 0.25) is 0 Å². The SMILES string of the molecule is CC(C)CNCc1ccc2cccnc2c1. The molecular formula is C14H18N2. The zero-order chi connectivity index (χ0) is 11.4. The van der Waals surface area contributed by atoms with Crippen molar-refractivity contribution in [3.05, 3.63) is 42.1 Å². The number of benzene rings is 1. The molecule has 1 heterocycles. The highest BCUT2D eigenvalue weighted by atomic mass is 14.8. The Morgan fingerprint density at radius 1 is 1.25 bits per heavy atom. The minimum absolute atomic E-state index is 0.693. The van der Waals surface area contributed by atoms with Crippen LogP contribution in [0, 0.1) is 5.92 Å². The fourth-order valence-corrected chi connectivity index (χ4v) is 1.73. The zero-order valence-corrected chi connectivity index (χ0v) is 9.90. The molecule has 0 aliphatic heterocycles. The lowest BCUT2D eigenvalue weighted by molar-refractivity contribution is 0.552. The van der Waals surface area contributed by atoms with Crippen LogP contribution in [0.3, 0.4) is 0 Å². The van der Waals surface area contributed by atoms with Gasteiger partial charge in [-0.1, -0.05) is 32.0 Å². The molecule has 0 bridgehead atoms. The molecule has 0 atom stereocenters. The lowest BCUT2D eigenvalue weighted by atomic mass is 10.1. The van der Waals surface area contributed by atoms with Gasteiger partial charge in [0, 0.05) is 18.1 Å². The van der Waals surface area contributed by atoms with E-state index >= 15 is 0 Å². The number of fused-ring (bicyclic) bond motifs is 1. The second-order valence-electron chi connectivity index (χ2n) is 4.56. The molecule has 0 saturated heterocycles. The highest BCUT2D eigenvalue weighted by Gasteiger charge is 1.97. The molecule has 0 unspecified atom stereocenters. The van der Waals surface area contributed by atoms with E-state index < -0.39 is 0 Å². The van der Waals surface area contributed by atoms with Gasteiger partial charge in [0.25, 0.3) is 0 Å². The standard InChI is InChI=1S/C14H18N2/c1-11(2)9-15-10-12-5-6-13-4-3-7-16-14(13)8-12/h3-8,11,15H,9-10H2,1-2H3. The van der Waals surface area contributed by atoms with E-state index in [4.69, 9.17) is 0 Å². The van der Waals surface area contributed by atoms with E-state index in [2.05, 4.69) is 48.4 Å². The summed E-state index contributed by atoms with van der Waals surface area (Å²) in [4.78, 5) is 4.36. The van der Waals surface area contributed by atoms with Gasteiger partial charge in [-0.15, -0.1) is 0 Å². The Kier molecular flexibility index (Phi) is 3.52. The van der Waals surface area contributed by atoms with Crippen molar-refractivity contribution < 1.29 is 0 Å². The van der Waals surface area contributed by atoms with Crippen molar-refractivity contribution in [3.63, 3.8) is 0 Å². The van der Waals surface area contributed by atoms with Crippen LogP contribution in [-0.2, 0) is 6.54 Å². The Hall–Kier alpha value is -1.41. The number of aromatic nitrogens is 1. The molecule has 0 fully saturated rings. The summed E-state index contributed by atoms with van der Waals surface area (Å²) >= 11 is 0. The Labute approximate surface area is 96.7 Å². The number of hydrogen-bond donors (Lipinski definition) is 1. The highest BCUT2D eigenvalue weighted by Crippen LogP contribution is 2.12. The Morgan fingerprint density at radius 3 is 2.94 bits per heavy atom. The molecule has 2 heteroatoms. The van der Waals surface area contributed by atoms with Gasteiger partial charge in [0.2, 0.25) is 0 Å². The van der Waals surface area contributed by atoms with Gasteiger partial charge in [-0.2, -0.15) is 0 Å². The van der Waals surface area contributed by atoms with Crippen LogP contribution in [0.15, 0.2) is 36.5 Å². The average molecular weight is 214 g/mol. The van der Waals surface area contributed by atoms with Crippen LogP contribution in [-0.4, -0.2) is 11.5 Å². The molecule has 0 aliphatic carbocycles. The summed E-state index contributed by atoms with van der Waals surface area (Å²) in [5.74, 6) is 0.693. The maximum Gasteiger partial charge on any atom is 0.0705 e. The molecule has 0 amide bonds. The van der Waals surface area contributed by atoms with E-state index in [0.29, 0.717) is 5.92 Å². The van der Waals surface area contributed by atoms with Crippen LogP contribution in [0.25, 0.3) is 10.9 Å². The monoisotopic (exact) mass is 214 g/mol. The number of hydrogen-bond acceptors (Lipinski definition) is 2. The predicted octanol–water partition coefficient (Wildman–Crippen LogP) is 2.98. The minimum atomic E-state index is 0.693. The fraction of sp³-hybridized carbons (Fsp3) is 0.357. The van der Waals surface area contributed by atoms with Crippen molar-refractivity contribution in [1.82, 2.24) is 10.3 Å². The lowest BCUT2D eigenvalue weighted by Crippen LogP contribution is -2.18. The van der Waals surface area contributed by atoms with Crippen molar-refractivity contribution in [2.24, 2.45) is 5.92 Å². The topological polar surface area (TPSA) is 24.9 Å². The van der Waals surface area contributed by atoms with Crippen molar-refractivity contribution in [2.75, 3.05) is 6.54 Å². The second-order valence-corrected chi connectivity index (χ2v) is 4.56. The van der Waals surface area contributed by atoms with Crippen molar-refractivity contribution in [3.8, 4) is 0 Å². The van der Waals surface area contributed by atoms with Crippen LogP contribution in [0.1, 0.15) is 19.4 Å². The maximum atomic E-state index is 4.36. The Morgan fingerprint density at radius 2 is 2.12 bits per heavy atom. The van der Waals surface area contributed by atoms with Gasteiger partial charge in [0.05, 0.1) is 5.52 Å². The van der Waals surface area contributed by atoms with E-state index in [9.17, 15) is 0 Å². The summed E-state index contributed by atoms with van der Waals surface area (Å²) in [6, 6.07) is 10.5. The van der Waals surface area contributed by atoms with Crippen molar-refractivity contribution in [2.45, 2.75) is 20.4 Å². The molecule has 0 aliphatic rings. The van der Waals surface area contributed by atoms with Crippen molar-refractivity contribution in [1.29, 1.82) is 0 Å². The molecule has 0 radical (unpaired) electrons. The lowest BCUT2D eigenvalue weighted by Gasteiger charge is -2.07. The van der Waals surface area contributed by atoms with Gasteiger partial charge in [-0.25, -0.2) is 0 Å². The quantitative estimate of drug-likeness (QED) is 0.846. The average Bonchev–Trinajstić information content (AvgIpc) is 2.28. The first kappa shape index (κ1) is 11.1. The molecular weight excluding hydrogens is 196 g/mol. The largest absolute Gasteiger partial charge is 0.312 e. The molecule has 2 rings (SSSR count). The summed E-state index contributed by atoms with van der Waals surface area (Å²) in [5, 5.41) is 4.64. The van der Waals surface area contributed by atoms with Crippen LogP contribution in [0.5, 0.6) is 0 Å². The Balaban J connectivity index is 2.08. The van der Waals surface area contributed by atoms with Gasteiger partial charge >= 0.3 is 0 Å². The van der Waals surface area contributed by atoms with Crippen LogP contribution < -0.4 is 5.32 Å². The smallest absolute Gasteiger partial charge is 0.0705 e. The van der Waals surface area contributed by atoms with E-state index in [0.717, 1.165) is 18.6 Å². The van der Waals surface area contributed by atoms with Crippen LogP contribution >= 0.6 is 0 Å². The van der Waals surface area contributed by atoms with E-state index in [1.165, 1.54) is 10.9 Å². The third kappa shape index (κ3) is 2.80. The third-order valence-electron chi connectivity index (χ3n) is 2.55. The van der Waals surface area contributed by atoms with Gasteiger partial charge in [-0.3, -0.25) is 4.98 Å². The molecule has 2 aromatic rings. The molecule has 1 aromatic heterocycles. The first-order valence-electron chi connectivity index (χ1n) is 5.80. The Bertz CT molecular complexity index is 463. The van der Waals surface area contributed by atoms with Crippen molar-refractivity contribution >= 4 is 10.9 Å². The summed E-state index contributed by atoms with van der Waals surface area (Å²) in [7, 11) is 0. The summed E-state index contributed by atoms with van der Waals surface area (Å²) < 4.78 is 0. The maximum absolute atomic E-state index is 4.36. The number of pyridine rings is 1. The highest BCUT2D eigenvalue weighted by molar-refractivity contribution is 5.78. The van der Waals surface area contributed by atoms with E-state index in [1.54, 1.807) is 0 Å². The third-order valence-corrected chi connectivity index (χ3v) is 2.55. The molecule has 84 valence electrons. The van der Waals surface area contributed by atoms with E-state index in [-0.39, 0.29) is 0 Å². The van der Waals surface area contributed by atoms with Gasteiger partial charge in [0.1, 0.15) is 0 Å². The molecule has 0 spiro atoms. The zero-order valence-electron chi connectivity index (χ0n) is 9.90. The molecule has 16 heavy (non-hydrogen) atoms. The normalized spacial score (nSPS) is 11.2. The summed E-state index contributed by atoms with van der Waals surface area (Å²) in [6.07, 6.45) is 1.84. The van der Waals surface area contributed by atoms with Gasteiger partial charge < -0.3 is 5.32 Å². The number of nitrogens with one attached hydrogen (secondary N) is 1. The van der Waals surface area contributed by atoms with E-state index in [1.807, 2.05) is 12.3 Å². The molecule has 0 saturated carbocycles. The first-order chi connectivity index (χ1) is 7.75. The molecule has 1 N–H and O–H groups in total. The minimum Gasteiger partial charge on any atom is -0.312 e. The predicted molar refractivity (Wildman–Crippen MR) is 68.3 cm³/mol. The van der Waals surface area contributed by atoms with Gasteiger partial charge in [-0.05, 0) is 30.2 Å². The fourth-order valence-electron chi connectivity index (χ4n) is 1.73. The number of nitrogens with zero attached hydrogens (tertiary/aromatic N) is 1. The summed E-state index contributed by atoms with van der Waals surface area (Å²) in [5.41, 5.74) is 2.37. The number of rotatable bonds is 4. The molecule has 1 aromatic carbocycles. The van der Waals surface area contributed by atoms with Gasteiger partial charge in [0.15, 0.2) is 0 Å². The first-order valence-corrected chi connectivity index (χ1v) is 5.80. The molecule has 2 nitrogen and oxygen atoms in total. The summed E-state index contributed by atoms with van der Waals surface area (Å²) in [6.45, 7) is 6.41. The second kappa shape index (κ2) is 5.08. The van der Waals surface area contributed by atoms with Crippen LogP contribution in [0.4, 0.5) is 0 Å².